The highest BCUT2D eigenvalue weighted by atomic mass is 19.4. The van der Waals surface area contributed by atoms with Crippen molar-refractivity contribution in [3.8, 4) is 0 Å². The van der Waals surface area contributed by atoms with Crippen LogP contribution in [0.4, 0.5) is 17.6 Å². The van der Waals surface area contributed by atoms with Crippen molar-refractivity contribution < 1.29 is 22.7 Å². The van der Waals surface area contributed by atoms with Crippen molar-refractivity contribution in [3.63, 3.8) is 0 Å². The quantitative estimate of drug-likeness (QED) is 0.878. The number of aromatic nitrogens is 2. The fourth-order valence-electron chi connectivity index (χ4n) is 1.90. The zero-order valence-electron chi connectivity index (χ0n) is 11.4. The third-order valence-corrected chi connectivity index (χ3v) is 3.08. The monoisotopic (exact) mass is 302 g/mol. The third kappa shape index (κ3) is 3.24. The lowest BCUT2D eigenvalue weighted by molar-refractivity contribution is -0.140. The molecule has 3 nitrogen and oxygen atoms in total. The van der Waals surface area contributed by atoms with E-state index < -0.39 is 23.7 Å². The molecule has 1 unspecified atom stereocenters. The molecule has 1 atom stereocenters. The Morgan fingerprint density at radius 1 is 1.19 bits per heavy atom. The predicted octanol–water partition coefficient (Wildman–Crippen LogP) is 3.70. The van der Waals surface area contributed by atoms with Crippen LogP contribution in [0.15, 0.2) is 30.6 Å². The lowest BCUT2D eigenvalue weighted by Crippen LogP contribution is -2.09. The highest BCUT2D eigenvalue weighted by molar-refractivity contribution is 5.32. The van der Waals surface area contributed by atoms with E-state index in [1.807, 2.05) is 13.8 Å². The molecule has 114 valence electrons. The number of nitrogens with zero attached hydrogens (tertiary/aromatic N) is 2. The maximum absolute atomic E-state index is 13.5. The van der Waals surface area contributed by atoms with Crippen LogP contribution in [0.2, 0.25) is 0 Å². The van der Waals surface area contributed by atoms with E-state index in [9.17, 15) is 22.7 Å². The summed E-state index contributed by atoms with van der Waals surface area (Å²) in [6.07, 6.45) is -3.00. The van der Waals surface area contributed by atoms with Crippen molar-refractivity contribution >= 4 is 0 Å². The number of aliphatic hydroxyl groups is 1. The molecule has 1 aromatic carbocycles. The van der Waals surface area contributed by atoms with Gasteiger partial charge in [-0.2, -0.15) is 18.3 Å². The fraction of sp³-hybridized carbons (Fsp3) is 0.357. The molecule has 1 heterocycles. The summed E-state index contributed by atoms with van der Waals surface area (Å²) < 4.78 is 52.5. The summed E-state index contributed by atoms with van der Waals surface area (Å²) in [5.74, 6) is -1.41. The summed E-state index contributed by atoms with van der Waals surface area (Å²) in [6, 6.07) is 2.46. The summed E-state index contributed by atoms with van der Waals surface area (Å²) in [5.41, 5.74) is -0.914. The molecule has 2 aromatic rings. The summed E-state index contributed by atoms with van der Waals surface area (Å²) in [4.78, 5) is 0. The number of benzene rings is 1. The Hall–Kier alpha value is -1.89. The molecular weight excluding hydrogens is 288 g/mol. The van der Waals surface area contributed by atoms with E-state index in [0.29, 0.717) is 17.7 Å². The first-order valence-corrected chi connectivity index (χ1v) is 6.29. The van der Waals surface area contributed by atoms with Gasteiger partial charge in [0.25, 0.3) is 0 Å². The standard InChI is InChI=1S/C14H14F4N2O/c1-8(2)20-7-10(6-19-20)13(21)9-3-4-11(12(15)5-9)14(16,17)18/h3-8,13,21H,1-2H3. The molecule has 1 N–H and O–H groups in total. The molecule has 0 radical (unpaired) electrons. The first kappa shape index (κ1) is 15.5. The van der Waals surface area contributed by atoms with Gasteiger partial charge in [0.15, 0.2) is 0 Å². The second-order valence-corrected chi connectivity index (χ2v) is 4.99. The van der Waals surface area contributed by atoms with Gasteiger partial charge in [-0.05, 0) is 31.5 Å². The minimum absolute atomic E-state index is 0.0452. The van der Waals surface area contributed by atoms with E-state index in [1.165, 1.54) is 6.20 Å². The summed E-state index contributed by atoms with van der Waals surface area (Å²) in [6.45, 7) is 3.78. The summed E-state index contributed by atoms with van der Waals surface area (Å²) in [7, 11) is 0. The average Bonchev–Trinajstić information content (AvgIpc) is 2.85. The van der Waals surface area contributed by atoms with Gasteiger partial charge in [0.2, 0.25) is 0 Å². The van der Waals surface area contributed by atoms with Crippen molar-refractivity contribution in [2.45, 2.75) is 32.2 Å². The molecule has 1 aromatic heterocycles. The van der Waals surface area contributed by atoms with Crippen molar-refractivity contribution in [3.05, 3.63) is 53.1 Å². The Bertz CT molecular complexity index is 634. The molecule has 21 heavy (non-hydrogen) atoms. The largest absolute Gasteiger partial charge is 0.419 e. The minimum Gasteiger partial charge on any atom is -0.384 e. The van der Waals surface area contributed by atoms with Crippen LogP contribution in [0.1, 0.15) is 42.7 Å². The molecular formula is C14H14F4N2O. The molecule has 7 heteroatoms. The fourth-order valence-corrected chi connectivity index (χ4v) is 1.90. The van der Waals surface area contributed by atoms with E-state index in [4.69, 9.17) is 0 Å². The number of hydrogen-bond acceptors (Lipinski definition) is 2. The first-order valence-electron chi connectivity index (χ1n) is 6.29. The molecule has 0 fully saturated rings. The van der Waals surface area contributed by atoms with Gasteiger partial charge in [0.05, 0.1) is 11.8 Å². The molecule has 0 aliphatic rings. The summed E-state index contributed by atoms with van der Waals surface area (Å²) in [5, 5.41) is 14.1. The topological polar surface area (TPSA) is 38.0 Å². The lowest BCUT2D eigenvalue weighted by Gasteiger charge is -2.12. The zero-order chi connectivity index (χ0) is 15.8. The van der Waals surface area contributed by atoms with Crippen molar-refractivity contribution in [2.75, 3.05) is 0 Å². The van der Waals surface area contributed by atoms with Gasteiger partial charge in [0, 0.05) is 17.8 Å². The molecule has 0 saturated carbocycles. The molecule has 0 aliphatic carbocycles. The smallest absolute Gasteiger partial charge is 0.384 e. The first-order chi connectivity index (χ1) is 9.70. The van der Waals surface area contributed by atoms with Gasteiger partial charge in [-0.3, -0.25) is 4.68 Å². The van der Waals surface area contributed by atoms with Gasteiger partial charge in [-0.15, -0.1) is 0 Å². The number of halogens is 4. The predicted molar refractivity (Wildman–Crippen MR) is 68.1 cm³/mol. The Labute approximate surface area is 118 Å². The van der Waals surface area contributed by atoms with Crippen LogP contribution in [-0.4, -0.2) is 14.9 Å². The molecule has 0 bridgehead atoms. The Morgan fingerprint density at radius 2 is 1.86 bits per heavy atom. The van der Waals surface area contributed by atoms with Crippen LogP contribution in [0.25, 0.3) is 0 Å². The number of hydrogen-bond donors (Lipinski definition) is 1. The van der Waals surface area contributed by atoms with Gasteiger partial charge < -0.3 is 5.11 Å². The second kappa shape index (κ2) is 5.48. The highest BCUT2D eigenvalue weighted by Gasteiger charge is 2.34. The van der Waals surface area contributed by atoms with Gasteiger partial charge in [-0.1, -0.05) is 6.07 Å². The molecule has 2 rings (SSSR count). The second-order valence-electron chi connectivity index (χ2n) is 4.99. The molecule has 0 saturated heterocycles. The summed E-state index contributed by atoms with van der Waals surface area (Å²) >= 11 is 0. The van der Waals surface area contributed by atoms with Crippen molar-refractivity contribution in [2.24, 2.45) is 0 Å². The third-order valence-electron chi connectivity index (χ3n) is 3.08. The molecule has 0 amide bonds. The van der Waals surface area contributed by atoms with Crippen molar-refractivity contribution in [1.82, 2.24) is 9.78 Å². The van der Waals surface area contributed by atoms with E-state index in [0.717, 1.165) is 6.07 Å². The van der Waals surface area contributed by atoms with Crippen LogP contribution in [0.3, 0.4) is 0 Å². The SMILES string of the molecule is CC(C)n1cc(C(O)c2ccc(C(F)(F)F)c(F)c2)cn1. The zero-order valence-corrected chi connectivity index (χ0v) is 11.4. The van der Waals surface area contributed by atoms with Gasteiger partial charge in [-0.25, -0.2) is 4.39 Å². The van der Waals surface area contributed by atoms with Crippen LogP contribution in [0, 0.1) is 5.82 Å². The van der Waals surface area contributed by atoms with Crippen LogP contribution in [-0.2, 0) is 6.18 Å². The average molecular weight is 302 g/mol. The number of aliphatic hydroxyl groups excluding tert-OH is 1. The van der Waals surface area contributed by atoms with Gasteiger partial charge in [0.1, 0.15) is 11.9 Å². The number of rotatable bonds is 3. The number of alkyl halides is 3. The normalized spacial score (nSPS) is 13.7. The van der Waals surface area contributed by atoms with E-state index in [2.05, 4.69) is 5.10 Å². The van der Waals surface area contributed by atoms with Crippen LogP contribution in [0.5, 0.6) is 0 Å². The van der Waals surface area contributed by atoms with Crippen LogP contribution >= 0.6 is 0 Å². The highest BCUT2D eigenvalue weighted by Crippen LogP contribution is 2.33. The Kier molecular flexibility index (Phi) is 4.04. The maximum Gasteiger partial charge on any atom is 0.419 e. The molecule has 0 aliphatic heterocycles. The van der Waals surface area contributed by atoms with E-state index in [1.54, 1.807) is 10.9 Å². The van der Waals surface area contributed by atoms with Crippen LogP contribution < -0.4 is 0 Å². The minimum atomic E-state index is -4.75. The van der Waals surface area contributed by atoms with Gasteiger partial charge >= 0.3 is 6.18 Å². The van der Waals surface area contributed by atoms with E-state index >= 15 is 0 Å². The lowest BCUT2D eigenvalue weighted by atomic mass is 10.0. The maximum atomic E-state index is 13.5. The Balaban J connectivity index is 2.31. The Morgan fingerprint density at radius 3 is 2.33 bits per heavy atom. The van der Waals surface area contributed by atoms with E-state index in [-0.39, 0.29) is 11.6 Å². The molecule has 0 spiro atoms. The van der Waals surface area contributed by atoms with Crippen molar-refractivity contribution in [1.29, 1.82) is 0 Å².